The Hall–Kier alpha value is -2.42. The highest BCUT2D eigenvalue weighted by molar-refractivity contribution is 7.89. The van der Waals surface area contributed by atoms with Crippen molar-refractivity contribution in [3.63, 3.8) is 0 Å². The van der Waals surface area contributed by atoms with Crippen LogP contribution >= 0.6 is 11.6 Å². The number of halogens is 1. The number of aryl methyl sites for hydroxylation is 1. The van der Waals surface area contributed by atoms with Crippen LogP contribution in [0.5, 0.6) is 5.75 Å². The molecule has 146 valence electrons. The Balaban J connectivity index is 1.73. The van der Waals surface area contributed by atoms with Crippen molar-refractivity contribution in [1.29, 1.82) is 0 Å². The molecular weight excluding hydrogens is 400 g/mol. The van der Waals surface area contributed by atoms with Crippen molar-refractivity contribution in [3.05, 3.63) is 70.3 Å². The molecule has 0 saturated carbocycles. The molecule has 1 aliphatic rings. The summed E-state index contributed by atoms with van der Waals surface area (Å²) in [5.41, 5.74) is 1.51. The molecule has 4 rings (SSSR count). The number of nitrogens with zero attached hydrogens (tertiary/aromatic N) is 2. The molecule has 0 saturated heterocycles. The van der Waals surface area contributed by atoms with Crippen LogP contribution in [0.1, 0.15) is 35.7 Å². The van der Waals surface area contributed by atoms with Crippen LogP contribution < -0.4 is 9.46 Å². The Bertz CT molecular complexity index is 1120. The van der Waals surface area contributed by atoms with Crippen LogP contribution in [0.4, 0.5) is 0 Å². The highest BCUT2D eigenvalue weighted by Crippen LogP contribution is 2.38. The topological polar surface area (TPSA) is 97.0 Å². The zero-order chi connectivity index (χ0) is 19.9. The van der Waals surface area contributed by atoms with E-state index in [9.17, 15) is 8.42 Å². The fourth-order valence-electron chi connectivity index (χ4n) is 3.24. The van der Waals surface area contributed by atoms with Gasteiger partial charge in [-0.05, 0) is 31.5 Å². The maximum atomic E-state index is 13.2. The molecule has 28 heavy (non-hydrogen) atoms. The van der Waals surface area contributed by atoms with Gasteiger partial charge in [-0.1, -0.05) is 41.9 Å². The summed E-state index contributed by atoms with van der Waals surface area (Å²) < 4.78 is 34.7. The number of rotatable bonds is 5. The lowest BCUT2D eigenvalue weighted by Gasteiger charge is -2.17. The third-order valence-corrected chi connectivity index (χ3v) is 6.19. The zero-order valence-corrected chi connectivity index (χ0v) is 16.9. The van der Waals surface area contributed by atoms with E-state index in [1.54, 1.807) is 13.0 Å². The molecule has 0 bridgehead atoms. The van der Waals surface area contributed by atoms with Crippen molar-refractivity contribution in [2.24, 2.45) is 0 Å². The summed E-state index contributed by atoms with van der Waals surface area (Å²) in [6.07, 6.45) is 0.576. The Labute approximate surface area is 168 Å². The normalized spacial score (nSPS) is 17.2. The molecule has 2 heterocycles. The molecule has 2 atom stereocenters. The van der Waals surface area contributed by atoms with Gasteiger partial charge in [-0.3, -0.25) is 5.10 Å². The van der Waals surface area contributed by atoms with Gasteiger partial charge in [-0.25, -0.2) is 13.4 Å². The van der Waals surface area contributed by atoms with Crippen molar-refractivity contribution in [2.45, 2.75) is 37.3 Å². The van der Waals surface area contributed by atoms with E-state index < -0.39 is 16.1 Å². The second-order valence-electron chi connectivity index (χ2n) is 6.77. The van der Waals surface area contributed by atoms with Crippen molar-refractivity contribution in [3.8, 4) is 5.75 Å². The van der Waals surface area contributed by atoms with Gasteiger partial charge >= 0.3 is 0 Å². The van der Waals surface area contributed by atoms with Crippen LogP contribution in [0.15, 0.2) is 47.4 Å². The van der Waals surface area contributed by atoms with E-state index in [0.29, 0.717) is 23.8 Å². The van der Waals surface area contributed by atoms with Gasteiger partial charge in [-0.2, -0.15) is 9.82 Å². The van der Waals surface area contributed by atoms with E-state index in [1.807, 2.05) is 37.3 Å². The second-order valence-corrected chi connectivity index (χ2v) is 8.89. The number of aromatic amines is 1. The summed E-state index contributed by atoms with van der Waals surface area (Å²) in [5.74, 6) is 1.50. The highest BCUT2D eigenvalue weighted by Gasteiger charge is 2.29. The van der Waals surface area contributed by atoms with Crippen LogP contribution in [0.2, 0.25) is 5.02 Å². The minimum absolute atomic E-state index is 0.0355. The Morgan fingerprint density at radius 2 is 2.04 bits per heavy atom. The maximum absolute atomic E-state index is 13.2. The van der Waals surface area contributed by atoms with Crippen LogP contribution in [-0.4, -0.2) is 29.7 Å². The predicted molar refractivity (Wildman–Crippen MR) is 105 cm³/mol. The smallest absolute Gasteiger partial charge is 0.241 e. The Morgan fingerprint density at radius 1 is 1.29 bits per heavy atom. The third-order valence-electron chi connectivity index (χ3n) is 4.51. The Kier molecular flexibility index (Phi) is 4.86. The van der Waals surface area contributed by atoms with Gasteiger partial charge < -0.3 is 4.74 Å². The molecule has 9 heteroatoms. The first-order valence-electron chi connectivity index (χ1n) is 8.79. The minimum Gasteiger partial charge on any atom is -0.489 e. The van der Waals surface area contributed by atoms with Gasteiger partial charge in [0, 0.05) is 12.0 Å². The van der Waals surface area contributed by atoms with Gasteiger partial charge in [0.15, 0.2) is 5.82 Å². The third kappa shape index (κ3) is 3.63. The van der Waals surface area contributed by atoms with E-state index in [4.69, 9.17) is 16.3 Å². The molecule has 0 amide bonds. The average molecular weight is 419 g/mol. The summed E-state index contributed by atoms with van der Waals surface area (Å²) in [6.45, 7) is 3.67. The highest BCUT2D eigenvalue weighted by atomic mass is 35.5. The second kappa shape index (κ2) is 7.20. The molecule has 2 unspecified atom stereocenters. The number of fused-ring (bicyclic) bond motifs is 1. The van der Waals surface area contributed by atoms with Gasteiger partial charge in [0.2, 0.25) is 10.0 Å². The fourth-order valence-corrected chi connectivity index (χ4v) is 4.85. The van der Waals surface area contributed by atoms with Crippen LogP contribution in [0, 0.1) is 6.92 Å². The number of hydrogen-bond acceptors (Lipinski definition) is 5. The number of benzene rings is 2. The molecule has 2 N–H and O–H groups in total. The number of sulfonamides is 1. The van der Waals surface area contributed by atoms with Gasteiger partial charge in [0.1, 0.15) is 23.7 Å². The van der Waals surface area contributed by atoms with E-state index in [0.717, 1.165) is 11.1 Å². The van der Waals surface area contributed by atoms with Crippen molar-refractivity contribution >= 4 is 21.6 Å². The average Bonchev–Trinajstić information content (AvgIpc) is 3.25. The predicted octanol–water partition coefficient (Wildman–Crippen LogP) is 3.16. The largest absolute Gasteiger partial charge is 0.489 e. The number of H-pyrrole nitrogens is 1. The van der Waals surface area contributed by atoms with Crippen LogP contribution in [0.3, 0.4) is 0 Å². The summed E-state index contributed by atoms with van der Waals surface area (Å²) in [4.78, 5) is 4.40. The standard InChI is InChI=1S/C19H19ClN4O3S/c1-11-8-14-9-15(10-16(20)18(14)27-11)28(25,26)24-17(13-6-4-3-5-7-13)19-21-12(2)22-23-19/h3-7,9-11,17,24H,8H2,1-2H3,(H,21,22,23). The summed E-state index contributed by atoms with van der Waals surface area (Å²) in [7, 11) is -3.89. The fraction of sp³-hybridized carbons (Fsp3) is 0.263. The molecule has 0 spiro atoms. The minimum atomic E-state index is -3.89. The summed E-state index contributed by atoms with van der Waals surface area (Å²) in [5, 5.41) is 7.19. The first kappa shape index (κ1) is 18.9. The van der Waals surface area contributed by atoms with E-state index in [1.165, 1.54) is 6.07 Å². The molecule has 1 aliphatic heterocycles. The number of ether oxygens (including phenoxy) is 1. The molecule has 0 fully saturated rings. The molecule has 3 aromatic rings. The lowest BCUT2D eigenvalue weighted by atomic mass is 10.1. The maximum Gasteiger partial charge on any atom is 0.241 e. The lowest BCUT2D eigenvalue weighted by molar-refractivity contribution is 0.255. The van der Waals surface area contributed by atoms with Crippen LogP contribution in [-0.2, 0) is 16.4 Å². The first-order valence-corrected chi connectivity index (χ1v) is 10.6. The quantitative estimate of drug-likeness (QED) is 0.663. The molecule has 1 aromatic heterocycles. The molecule has 0 aliphatic carbocycles. The van der Waals surface area contributed by atoms with Crippen molar-refractivity contribution < 1.29 is 13.2 Å². The zero-order valence-electron chi connectivity index (χ0n) is 15.3. The molecule has 7 nitrogen and oxygen atoms in total. The molecule has 2 aromatic carbocycles. The Morgan fingerprint density at radius 3 is 2.71 bits per heavy atom. The number of aromatic nitrogens is 3. The SMILES string of the molecule is Cc1nc(C(NS(=O)(=O)c2cc(Cl)c3c(c2)CC(C)O3)c2ccccc2)n[nH]1. The number of hydrogen-bond donors (Lipinski definition) is 2. The van der Waals surface area contributed by atoms with E-state index >= 15 is 0 Å². The summed E-state index contributed by atoms with van der Waals surface area (Å²) in [6, 6.07) is 11.5. The van der Waals surface area contributed by atoms with Gasteiger partial charge in [0.25, 0.3) is 0 Å². The molecular formula is C19H19ClN4O3S. The van der Waals surface area contributed by atoms with Crippen LogP contribution in [0.25, 0.3) is 0 Å². The van der Waals surface area contributed by atoms with Gasteiger partial charge in [-0.15, -0.1) is 0 Å². The van der Waals surface area contributed by atoms with Crippen molar-refractivity contribution in [1.82, 2.24) is 19.9 Å². The van der Waals surface area contributed by atoms with Crippen molar-refractivity contribution in [2.75, 3.05) is 0 Å². The van der Waals surface area contributed by atoms with E-state index in [2.05, 4.69) is 19.9 Å². The molecule has 0 radical (unpaired) electrons. The monoisotopic (exact) mass is 418 g/mol. The number of nitrogens with one attached hydrogen (secondary N) is 2. The summed E-state index contributed by atoms with van der Waals surface area (Å²) >= 11 is 6.27. The lowest BCUT2D eigenvalue weighted by Crippen LogP contribution is -2.30. The van der Waals surface area contributed by atoms with E-state index in [-0.39, 0.29) is 16.0 Å². The van der Waals surface area contributed by atoms with Gasteiger partial charge in [0.05, 0.1) is 9.92 Å². The first-order chi connectivity index (χ1) is 13.3.